The van der Waals surface area contributed by atoms with Gasteiger partial charge in [-0.05, 0) is 36.4 Å². The lowest BCUT2D eigenvalue weighted by Crippen LogP contribution is -2.06. The molecular weight excluding hydrogens is 350 g/mol. The highest BCUT2D eigenvalue weighted by molar-refractivity contribution is 5.66. The molecule has 0 amide bonds. The zero-order valence-electron chi connectivity index (χ0n) is 15.0. The lowest BCUT2D eigenvalue weighted by atomic mass is 10.2. The van der Waals surface area contributed by atoms with Crippen molar-refractivity contribution in [3.63, 3.8) is 0 Å². The van der Waals surface area contributed by atoms with Gasteiger partial charge in [0.1, 0.15) is 0 Å². The number of nitrogens with two attached hydrogens (primary N) is 2. The van der Waals surface area contributed by atoms with E-state index in [-0.39, 0.29) is 0 Å². The molecule has 0 spiro atoms. The lowest BCUT2D eigenvalue weighted by molar-refractivity contribution is 1.07. The standard InChI is InChI=1S/C21H19N7/c22-15-8-4-10-17(12-15)24-20-26-19(14-6-2-1-3-7-14)27-21(28-20)25-18-11-5-9-16(23)13-18/h1-13H,22-23H2,(H2,24,25,26,27,28). The van der Waals surface area contributed by atoms with Crippen molar-refractivity contribution in [2.75, 3.05) is 22.1 Å². The molecule has 0 fully saturated rings. The third kappa shape index (κ3) is 4.16. The molecule has 28 heavy (non-hydrogen) atoms. The number of hydrogen-bond donors (Lipinski definition) is 4. The number of rotatable bonds is 5. The fourth-order valence-electron chi connectivity index (χ4n) is 2.70. The van der Waals surface area contributed by atoms with Crippen molar-refractivity contribution in [1.82, 2.24) is 15.0 Å². The van der Waals surface area contributed by atoms with Crippen molar-refractivity contribution >= 4 is 34.6 Å². The highest BCUT2D eigenvalue weighted by Gasteiger charge is 2.10. The molecule has 0 saturated heterocycles. The molecule has 0 aliphatic heterocycles. The summed E-state index contributed by atoms with van der Waals surface area (Å²) in [6.45, 7) is 0. The van der Waals surface area contributed by atoms with Gasteiger partial charge in [-0.1, -0.05) is 42.5 Å². The fourth-order valence-corrected chi connectivity index (χ4v) is 2.70. The van der Waals surface area contributed by atoms with Gasteiger partial charge in [-0.2, -0.15) is 15.0 Å². The second-order valence-electron chi connectivity index (χ2n) is 6.17. The molecule has 4 rings (SSSR count). The van der Waals surface area contributed by atoms with E-state index in [4.69, 9.17) is 11.5 Å². The van der Waals surface area contributed by atoms with E-state index in [0.29, 0.717) is 29.1 Å². The van der Waals surface area contributed by atoms with Gasteiger partial charge in [0, 0.05) is 28.3 Å². The molecule has 0 unspecified atom stereocenters. The van der Waals surface area contributed by atoms with Crippen LogP contribution in [0.2, 0.25) is 0 Å². The molecule has 4 aromatic rings. The number of anilines is 6. The Morgan fingerprint density at radius 2 is 1.11 bits per heavy atom. The molecule has 3 aromatic carbocycles. The van der Waals surface area contributed by atoms with E-state index in [0.717, 1.165) is 16.9 Å². The van der Waals surface area contributed by atoms with Gasteiger partial charge in [0.2, 0.25) is 11.9 Å². The molecule has 0 aliphatic carbocycles. The fraction of sp³-hybridized carbons (Fsp3) is 0. The maximum Gasteiger partial charge on any atom is 0.232 e. The summed E-state index contributed by atoms with van der Waals surface area (Å²) in [4.78, 5) is 13.6. The summed E-state index contributed by atoms with van der Waals surface area (Å²) in [5, 5.41) is 6.37. The molecular formula is C21H19N7. The van der Waals surface area contributed by atoms with Crippen molar-refractivity contribution in [1.29, 1.82) is 0 Å². The quantitative estimate of drug-likeness (QED) is 0.390. The van der Waals surface area contributed by atoms with Crippen molar-refractivity contribution in [3.8, 4) is 11.4 Å². The molecule has 6 N–H and O–H groups in total. The molecule has 7 heteroatoms. The van der Waals surface area contributed by atoms with Gasteiger partial charge >= 0.3 is 0 Å². The second kappa shape index (κ2) is 7.63. The number of nitrogens with zero attached hydrogens (tertiary/aromatic N) is 3. The first kappa shape index (κ1) is 17.3. The van der Waals surface area contributed by atoms with Gasteiger partial charge in [-0.3, -0.25) is 0 Å². The number of nitrogens with one attached hydrogen (secondary N) is 2. The van der Waals surface area contributed by atoms with E-state index in [1.54, 1.807) is 0 Å². The van der Waals surface area contributed by atoms with Crippen molar-refractivity contribution in [3.05, 3.63) is 78.9 Å². The van der Waals surface area contributed by atoms with Gasteiger partial charge in [-0.15, -0.1) is 0 Å². The van der Waals surface area contributed by atoms with Gasteiger partial charge in [-0.25, -0.2) is 0 Å². The average molecular weight is 369 g/mol. The lowest BCUT2D eigenvalue weighted by Gasteiger charge is -2.11. The van der Waals surface area contributed by atoms with Crippen LogP contribution in [0.5, 0.6) is 0 Å². The van der Waals surface area contributed by atoms with Crippen LogP contribution in [-0.4, -0.2) is 15.0 Å². The van der Waals surface area contributed by atoms with Crippen LogP contribution in [0.25, 0.3) is 11.4 Å². The van der Waals surface area contributed by atoms with Crippen LogP contribution in [0.1, 0.15) is 0 Å². The third-order valence-corrected chi connectivity index (χ3v) is 3.95. The Balaban J connectivity index is 1.72. The van der Waals surface area contributed by atoms with Crippen LogP contribution in [0.3, 0.4) is 0 Å². The number of nitrogen functional groups attached to an aromatic ring is 2. The minimum Gasteiger partial charge on any atom is -0.399 e. The summed E-state index contributed by atoms with van der Waals surface area (Å²) in [5.41, 5.74) is 15.5. The Morgan fingerprint density at radius 3 is 1.61 bits per heavy atom. The molecule has 1 aromatic heterocycles. The zero-order chi connectivity index (χ0) is 19.3. The molecule has 0 atom stereocenters. The molecule has 7 nitrogen and oxygen atoms in total. The third-order valence-electron chi connectivity index (χ3n) is 3.95. The molecule has 138 valence electrons. The predicted molar refractivity (Wildman–Crippen MR) is 114 cm³/mol. The summed E-state index contributed by atoms with van der Waals surface area (Å²) in [6, 6.07) is 24.5. The average Bonchev–Trinajstić information content (AvgIpc) is 2.68. The van der Waals surface area contributed by atoms with Gasteiger partial charge < -0.3 is 22.1 Å². The highest BCUT2D eigenvalue weighted by Crippen LogP contribution is 2.23. The van der Waals surface area contributed by atoms with Gasteiger partial charge in [0.05, 0.1) is 0 Å². The molecule has 0 bridgehead atoms. The minimum atomic E-state index is 0.408. The number of hydrogen-bond acceptors (Lipinski definition) is 7. The highest BCUT2D eigenvalue weighted by atomic mass is 15.2. The maximum absolute atomic E-state index is 5.86. The van der Waals surface area contributed by atoms with E-state index in [9.17, 15) is 0 Å². The normalized spacial score (nSPS) is 10.4. The van der Waals surface area contributed by atoms with E-state index in [1.807, 2.05) is 78.9 Å². The first-order chi connectivity index (χ1) is 13.7. The summed E-state index contributed by atoms with van der Waals surface area (Å²) in [6.07, 6.45) is 0. The Labute approximate surface area is 162 Å². The van der Waals surface area contributed by atoms with E-state index in [1.165, 1.54) is 0 Å². The predicted octanol–water partition coefficient (Wildman–Crippen LogP) is 4.19. The number of aromatic nitrogens is 3. The van der Waals surface area contributed by atoms with Crippen molar-refractivity contribution in [2.24, 2.45) is 0 Å². The Morgan fingerprint density at radius 1 is 0.571 bits per heavy atom. The van der Waals surface area contributed by atoms with Gasteiger partial charge in [0.15, 0.2) is 5.82 Å². The molecule has 1 heterocycles. The summed E-state index contributed by atoms with van der Waals surface area (Å²) in [5.74, 6) is 1.37. The molecule has 0 radical (unpaired) electrons. The van der Waals surface area contributed by atoms with Crippen LogP contribution < -0.4 is 22.1 Å². The summed E-state index contributed by atoms with van der Waals surface area (Å²) < 4.78 is 0. The topological polar surface area (TPSA) is 115 Å². The second-order valence-corrected chi connectivity index (χ2v) is 6.17. The maximum atomic E-state index is 5.86. The van der Waals surface area contributed by atoms with Gasteiger partial charge in [0.25, 0.3) is 0 Å². The SMILES string of the molecule is Nc1cccc(Nc2nc(Nc3cccc(N)c3)nc(-c3ccccc3)n2)c1. The van der Waals surface area contributed by atoms with E-state index >= 15 is 0 Å². The van der Waals surface area contributed by atoms with Crippen LogP contribution in [0.4, 0.5) is 34.6 Å². The monoisotopic (exact) mass is 369 g/mol. The molecule has 0 saturated carbocycles. The largest absolute Gasteiger partial charge is 0.399 e. The van der Waals surface area contributed by atoms with Crippen LogP contribution in [-0.2, 0) is 0 Å². The Kier molecular flexibility index (Phi) is 4.71. The molecule has 0 aliphatic rings. The zero-order valence-corrected chi connectivity index (χ0v) is 15.0. The van der Waals surface area contributed by atoms with Crippen molar-refractivity contribution in [2.45, 2.75) is 0 Å². The van der Waals surface area contributed by atoms with Crippen LogP contribution in [0.15, 0.2) is 78.9 Å². The summed E-state index contributed by atoms with van der Waals surface area (Å²) >= 11 is 0. The van der Waals surface area contributed by atoms with Crippen LogP contribution >= 0.6 is 0 Å². The smallest absolute Gasteiger partial charge is 0.232 e. The van der Waals surface area contributed by atoms with Crippen LogP contribution in [0, 0.1) is 0 Å². The van der Waals surface area contributed by atoms with Crippen molar-refractivity contribution < 1.29 is 0 Å². The minimum absolute atomic E-state index is 0.408. The van der Waals surface area contributed by atoms with E-state index in [2.05, 4.69) is 25.6 Å². The Bertz CT molecular complexity index is 1030. The first-order valence-electron chi connectivity index (χ1n) is 8.72. The summed E-state index contributed by atoms with van der Waals surface area (Å²) in [7, 11) is 0. The Hall–Kier alpha value is -4.13. The number of benzene rings is 3. The first-order valence-corrected chi connectivity index (χ1v) is 8.72. The van der Waals surface area contributed by atoms with E-state index < -0.39 is 0 Å².